The minimum absolute atomic E-state index is 0.0113. The summed E-state index contributed by atoms with van der Waals surface area (Å²) in [4.78, 5) is 11.7. The Morgan fingerprint density at radius 3 is 2.71 bits per heavy atom. The molecule has 0 aliphatic rings. The highest BCUT2D eigenvalue weighted by molar-refractivity contribution is 9.10. The van der Waals surface area contributed by atoms with Gasteiger partial charge in [0.15, 0.2) is 0 Å². The fourth-order valence-electron chi connectivity index (χ4n) is 1.42. The highest BCUT2D eigenvalue weighted by atomic mass is 79.9. The molecule has 4 heteroatoms. The lowest BCUT2D eigenvalue weighted by atomic mass is 10.2. The van der Waals surface area contributed by atoms with Crippen LogP contribution in [0, 0.1) is 6.92 Å². The Morgan fingerprint density at radius 2 is 2.12 bits per heavy atom. The van der Waals surface area contributed by atoms with Crippen molar-refractivity contribution in [2.75, 3.05) is 11.9 Å². The van der Waals surface area contributed by atoms with Crippen molar-refractivity contribution in [3.63, 3.8) is 0 Å². The van der Waals surface area contributed by atoms with Gasteiger partial charge in [-0.05, 0) is 44.0 Å². The molecule has 1 aromatic carbocycles. The molecule has 1 rings (SSSR count). The maximum Gasteiger partial charge on any atom is 0.238 e. The summed E-state index contributed by atoms with van der Waals surface area (Å²) in [5.41, 5.74) is 1.94. The molecule has 0 fully saturated rings. The Bertz CT molecular complexity index is 373. The summed E-state index contributed by atoms with van der Waals surface area (Å²) < 4.78 is 0.975. The van der Waals surface area contributed by atoms with Crippen molar-refractivity contribution in [2.24, 2.45) is 0 Å². The number of aryl methyl sites for hydroxylation is 1. The van der Waals surface area contributed by atoms with Gasteiger partial charge in [-0.2, -0.15) is 0 Å². The van der Waals surface area contributed by atoms with Crippen LogP contribution >= 0.6 is 15.9 Å². The van der Waals surface area contributed by atoms with Crippen molar-refractivity contribution in [3.8, 4) is 0 Å². The monoisotopic (exact) mass is 298 g/mol. The Morgan fingerprint density at radius 1 is 1.41 bits per heavy atom. The van der Waals surface area contributed by atoms with E-state index in [0.29, 0.717) is 12.6 Å². The van der Waals surface area contributed by atoms with Gasteiger partial charge in [0, 0.05) is 16.2 Å². The molecule has 1 amide bonds. The lowest BCUT2D eigenvalue weighted by Gasteiger charge is -2.11. The number of hydrogen-bond donors (Lipinski definition) is 2. The van der Waals surface area contributed by atoms with Crippen LogP contribution in [0.3, 0.4) is 0 Å². The molecule has 1 atom stereocenters. The van der Waals surface area contributed by atoms with Gasteiger partial charge >= 0.3 is 0 Å². The van der Waals surface area contributed by atoms with Crippen molar-refractivity contribution in [1.82, 2.24) is 5.32 Å². The molecule has 0 radical (unpaired) electrons. The van der Waals surface area contributed by atoms with Crippen molar-refractivity contribution in [3.05, 3.63) is 28.2 Å². The summed E-state index contributed by atoms with van der Waals surface area (Å²) in [7, 11) is 0. The molecule has 0 saturated carbocycles. The third-order valence-electron chi connectivity index (χ3n) is 2.55. The second-order valence-corrected chi connectivity index (χ2v) is 5.17. The molecule has 17 heavy (non-hydrogen) atoms. The average Bonchev–Trinajstić information content (AvgIpc) is 2.24. The van der Waals surface area contributed by atoms with E-state index in [1.165, 1.54) is 0 Å². The number of rotatable bonds is 5. The highest BCUT2D eigenvalue weighted by Crippen LogP contribution is 2.18. The smallest absolute Gasteiger partial charge is 0.238 e. The SMILES string of the molecule is CCC(C)NCC(=O)Nc1cc(C)cc(Br)c1. The zero-order valence-electron chi connectivity index (χ0n) is 10.5. The van der Waals surface area contributed by atoms with E-state index >= 15 is 0 Å². The molecule has 3 nitrogen and oxygen atoms in total. The Hall–Kier alpha value is -0.870. The van der Waals surface area contributed by atoms with Gasteiger partial charge < -0.3 is 10.6 Å². The molecule has 1 aromatic rings. The van der Waals surface area contributed by atoms with E-state index in [9.17, 15) is 4.79 Å². The molecule has 94 valence electrons. The minimum atomic E-state index is -0.0113. The molecule has 0 aromatic heterocycles. The summed E-state index contributed by atoms with van der Waals surface area (Å²) in [6, 6.07) is 6.22. The molecule has 0 heterocycles. The van der Waals surface area contributed by atoms with Gasteiger partial charge in [0.25, 0.3) is 0 Å². The first kappa shape index (κ1) is 14.2. The van der Waals surface area contributed by atoms with Crippen LogP contribution in [-0.2, 0) is 4.79 Å². The normalized spacial score (nSPS) is 12.2. The summed E-state index contributed by atoms with van der Waals surface area (Å²) >= 11 is 3.41. The minimum Gasteiger partial charge on any atom is -0.325 e. The predicted octanol–water partition coefficient (Wildman–Crippen LogP) is 3.08. The largest absolute Gasteiger partial charge is 0.325 e. The van der Waals surface area contributed by atoms with E-state index in [4.69, 9.17) is 0 Å². The second kappa shape index (κ2) is 6.77. The summed E-state index contributed by atoms with van der Waals surface area (Å²) in [6.07, 6.45) is 1.02. The number of hydrogen-bond acceptors (Lipinski definition) is 2. The van der Waals surface area contributed by atoms with Gasteiger partial charge in [-0.1, -0.05) is 22.9 Å². The summed E-state index contributed by atoms with van der Waals surface area (Å²) in [5.74, 6) is -0.0113. The van der Waals surface area contributed by atoms with Gasteiger partial charge in [0.2, 0.25) is 5.91 Å². The Balaban J connectivity index is 2.50. The number of benzene rings is 1. The van der Waals surface area contributed by atoms with Crippen LogP contribution in [0.2, 0.25) is 0 Å². The molecule has 0 aliphatic carbocycles. The standard InChI is InChI=1S/C13H19BrN2O/c1-4-10(3)15-8-13(17)16-12-6-9(2)5-11(14)7-12/h5-7,10,15H,4,8H2,1-3H3,(H,16,17). The van der Waals surface area contributed by atoms with Gasteiger partial charge in [-0.15, -0.1) is 0 Å². The number of amides is 1. The first-order valence-electron chi connectivity index (χ1n) is 5.81. The maximum atomic E-state index is 11.7. The number of carbonyl (C=O) groups excluding carboxylic acids is 1. The maximum absolute atomic E-state index is 11.7. The van der Waals surface area contributed by atoms with Crippen molar-refractivity contribution >= 4 is 27.5 Å². The first-order valence-corrected chi connectivity index (χ1v) is 6.61. The van der Waals surface area contributed by atoms with Crippen molar-refractivity contribution < 1.29 is 4.79 Å². The average molecular weight is 299 g/mol. The van der Waals surface area contributed by atoms with E-state index < -0.39 is 0 Å². The fourth-order valence-corrected chi connectivity index (χ4v) is 2.03. The predicted molar refractivity (Wildman–Crippen MR) is 75.3 cm³/mol. The van der Waals surface area contributed by atoms with Crippen LogP contribution in [0.25, 0.3) is 0 Å². The summed E-state index contributed by atoms with van der Waals surface area (Å²) in [5, 5.41) is 6.03. The van der Waals surface area contributed by atoms with Crippen LogP contribution in [-0.4, -0.2) is 18.5 Å². The third-order valence-corrected chi connectivity index (χ3v) is 3.01. The summed E-state index contributed by atoms with van der Waals surface area (Å²) in [6.45, 7) is 6.50. The number of carbonyl (C=O) groups is 1. The Kier molecular flexibility index (Phi) is 5.65. The highest BCUT2D eigenvalue weighted by Gasteiger charge is 2.05. The van der Waals surface area contributed by atoms with Crippen molar-refractivity contribution in [2.45, 2.75) is 33.2 Å². The molecule has 0 saturated heterocycles. The first-order chi connectivity index (χ1) is 8.01. The van der Waals surface area contributed by atoms with E-state index in [1.807, 2.05) is 25.1 Å². The van der Waals surface area contributed by atoms with Crippen LogP contribution in [0.5, 0.6) is 0 Å². The van der Waals surface area contributed by atoms with Crippen molar-refractivity contribution in [1.29, 1.82) is 0 Å². The zero-order chi connectivity index (χ0) is 12.8. The molecule has 0 aliphatic heterocycles. The van der Waals surface area contributed by atoms with Gasteiger partial charge in [0.05, 0.1) is 6.54 Å². The lowest BCUT2D eigenvalue weighted by molar-refractivity contribution is -0.115. The number of halogens is 1. The van der Waals surface area contributed by atoms with E-state index in [2.05, 4.69) is 40.4 Å². The molecular weight excluding hydrogens is 280 g/mol. The van der Waals surface area contributed by atoms with E-state index in [1.54, 1.807) is 0 Å². The Labute approximate surface area is 111 Å². The number of anilines is 1. The third kappa shape index (κ3) is 5.33. The van der Waals surface area contributed by atoms with Crippen LogP contribution in [0.4, 0.5) is 5.69 Å². The van der Waals surface area contributed by atoms with Gasteiger partial charge in [0.1, 0.15) is 0 Å². The van der Waals surface area contributed by atoms with Gasteiger partial charge in [-0.3, -0.25) is 4.79 Å². The van der Waals surface area contributed by atoms with Crippen LogP contribution in [0.1, 0.15) is 25.8 Å². The zero-order valence-corrected chi connectivity index (χ0v) is 12.1. The molecule has 0 bridgehead atoms. The molecule has 1 unspecified atom stereocenters. The van der Waals surface area contributed by atoms with Crippen LogP contribution in [0.15, 0.2) is 22.7 Å². The van der Waals surface area contributed by atoms with Crippen LogP contribution < -0.4 is 10.6 Å². The quantitative estimate of drug-likeness (QED) is 0.877. The topological polar surface area (TPSA) is 41.1 Å². The molecular formula is C13H19BrN2O. The second-order valence-electron chi connectivity index (χ2n) is 4.26. The fraction of sp³-hybridized carbons (Fsp3) is 0.462. The van der Waals surface area contributed by atoms with Gasteiger partial charge in [-0.25, -0.2) is 0 Å². The van der Waals surface area contributed by atoms with E-state index in [-0.39, 0.29) is 5.91 Å². The number of nitrogens with one attached hydrogen (secondary N) is 2. The molecule has 0 spiro atoms. The van der Waals surface area contributed by atoms with E-state index in [0.717, 1.165) is 22.1 Å². The molecule has 2 N–H and O–H groups in total. The lowest BCUT2D eigenvalue weighted by Crippen LogP contribution is -2.33.